The van der Waals surface area contributed by atoms with Crippen LogP contribution in [0.2, 0.25) is 0 Å². The first kappa shape index (κ1) is 16.5. The smallest absolute Gasteiger partial charge is 0.271 e. The number of rotatable bonds is 5. The van der Waals surface area contributed by atoms with Gasteiger partial charge in [0, 0.05) is 28.8 Å². The van der Waals surface area contributed by atoms with Crippen LogP contribution >= 0.6 is 0 Å². The number of hydrogen-bond donors (Lipinski definition) is 4. The summed E-state index contributed by atoms with van der Waals surface area (Å²) in [5.74, 6) is -0.500. The molecule has 0 radical (unpaired) electrons. The van der Waals surface area contributed by atoms with Crippen LogP contribution in [0.15, 0.2) is 47.6 Å². The van der Waals surface area contributed by atoms with E-state index in [1.165, 1.54) is 24.4 Å². The number of benzene rings is 2. The lowest BCUT2D eigenvalue weighted by Crippen LogP contribution is -2.18. The topological polar surface area (TPSA) is 111 Å². The molecule has 2 aromatic carbocycles. The fraction of sp³-hybridized carbons (Fsp3) is 0.167. The molecule has 0 saturated heterocycles. The van der Waals surface area contributed by atoms with Crippen molar-refractivity contribution in [3.05, 3.63) is 53.6 Å². The largest absolute Gasteiger partial charge is 0.508 e. The van der Waals surface area contributed by atoms with Gasteiger partial charge in [-0.05, 0) is 49.2 Å². The molecule has 7 heteroatoms. The van der Waals surface area contributed by atoms with Crippen LogP contribution in [0.1, 0.15) is 28.8 Å². The summed E-state index contributed by atoms with van der Waals surface area (Å²) >= 11 is 0. The van der Waals surface area contributed by atoms with Gasteiger partial charge in [0.05, 0.1) is 6.21 Å². The first-order valence-corrected chi connectivity index (χ1v) is 7.79. The highest BCUT2D eigenvalue weighted by Gasteiger charge is 2.29. The summed E-state index contributed by atoms with van der Waals surface area (Å²) in [6, 6.07) is 10.5. The van der Waals surface area contributed by atoms with Gasteiger partial charge in [0.25, 0.3) is 5.91 Å². The van der Waals surface area contributed by atoms with E-state index >= 15 is 0 Å². The van der Waals surface area contributed by atoms with Crippen LogP contribution < -0.4 is 10.7 Å². The minimum Gasteiger partial charge on any atom is -0.508 e. The molecule has 1 aliphatic rings. The quantitative estimate of drug-likeness (QED) is 0.494. The van der Waals surface area contributed by atoms with E-state index in [4.69, 9.17) is 0 Å². The van der Waals surface area contributed by atoms with Gasteiger partial charge in [-0.2, -0.15) is 5.10 Å². The van der Waals surface area contributed by atoms with E-state index in [0.717, 1.165) is 12.8 Å². The summed E-state index contributed by atoms with van der Waals surface area (Å²) in [5.41, 5.74) is 3.73. The summed E-state index contributed by atoms with van der Waals surface area (Å²) < 4.78 is 0. The molecular formula is C18H17N3O4. The first-order chi connectivity index (χ1) is 12.0. The second-order valence-corrected chi connectivity index (χ2v) is 5.78. The Balaban J connectivity index is 1.57. The molecule has 0 spiro atoms. The Hall–Kier alpha value is -3.35. The van der Waals surface area contributed by atoms with E-state index in [1.54, 1.807) is 24.3 Å². The summed E-state index contributed by atoms with van der Waals surface area (Å²) in [6.45, 7) is 0. The zero-order valence-corrected chi connectivity index (χ0v) is 13.3. The van der Waals surface area contributed by atoms with E-state index < -0.39 is 5.91 Å². The Morgan fingerprint density at radius 1 is 1.08 bits per heavy atom. The minimum atomic E-state index is -0.422. The average Bonchev–Trinajstić information content (AvgIpc) is 3.42. The second kappa shape index (κ2) is 7.04. The number of amides is 2. The molecule has 1 saturated carbocycles. The molecule has 4 N–H and O–H groups in total. The minimum absolute atomic E-state index is 0.00973. The molecule has 2 amide bonds. The van der Waals surface area contributed by atoms with Crippen molar-refractivity contribution in [3.63, 3.8) is 0 Å². The predicted octanol–water partition coefficient (Wildman–Crippen LogP) is 2.21. The number of hydrazone groups is 1. The molecule has 128 valence electrons. The second-order valence-electron chi connectivity index (χ2n) is 5.78. The number of phenolic OH excluding ortho intramolecular Hbond substituents is 2. The van der Waals surface area contributed by atoms with Crippen LogP contribution in [0, 0.1) is 5.92 Å². The number of nitrogens with zero attached hydrogens (tertiary/aromatic N) is 1. The fourth-order valence-corrected chi connectivity index (χ4v) is 2.16. The van der Waals surface area contributed by atoms with E-state index in [0.29, 0.717) is 16.8 Å². The van der Waals surface area contributed by atoms with Crippen LogP contribution in [-0.2, 0) is 4.79 Å². The molecule has 0 atom stereocenters. The predicted molar refractivity (Wildman–Crippen MR) is 92.6 cm³/mol. The molecule has 1 aliphatic carbocycles. The number of carbonyl (C=O) groups excluding carboxylic acids is 2. The van der Waals surface area contributed by atoms with Crippen LogP contribution in [0.5, 0.6) is 11.5 Å². The summed E-state index contributed by atoms with van der Waals surface area (Å²) in [5, 5.41) is 25.4. The normalized spacial score (nSPS) is 13.6. The van der Waals surface area contributed by atoms with Gasteiger partial charge in [0.15, 0.2) is 0 Å². The summed E-state index contributed by atoms with van der Waals surface area (Å²) in [7, 11) is 0. The Kier molecular flexibility index (Phi) is 4.65. The zero-order chi connectivity index (χ0) is 17.8. The van der Waals surface area contributed by atoms with Gasteiger partial charge in [-0.3, -0.25) is 9.59 Å². The molecule has 0 aliphatic heterocycles. The first-order valence-electron chi connectivity index (χ1n) is 7.79. The number of carbonyl (C=O) groups is 2. The monoisotopic (exact) mass is 339 g/mol. The van der Waals surface area contributed by atoms with Gasteiger partial charge in [-0.1, -0.05) is 0 Å². The van der Waals surface area contributed by atoms with Crippen molar-refractivity contribution in [3.8, 4) is 11.5 Å². The van der Waals surface area contributed by atoms with Gasteiger partial charge in [-0.25, -0.2) is 5.43 Å². The Morgan fingerprint density at radius 3 is 2.44 bits per heavy atom. The number of hydrogen-bond acceptors (Lipinski definition) is 5. The zero-order valence-electron chi connectivity index (χ0n) is 13.3. The van der Waals surface area contributed by atoms with E-state index in [2.05, 4.69) is 15.8 Å². The Labute approximate surface area is 144 Å². The molecule has 1 fully saturated rings. The van der Waals surface area contributed by atoms with Crippen molar-refractivity contribution in [2.75, 3.05) is 5.32 Å². The maximum Gasteiger partial charge on any atom is 0.271 e. The van der Waals surface area contributed by atoms with Gasteiger partial charge in [-0.15, -0.1) is 0 Å². The van der Waals surface area contributed by atoms with Crippen molar-refractivity contribution in [2.45, 2.75) is 12.8 Å². The van der Waals surface area contributed by atoms with E-state index in [1.807, 2.05) is 0 Å². The van der Waals surface area contributed by atoms with Gasteiger partial charge in [0.1, 0.15) is 11.5 Å². The lowest BCUT2D eigenvalue weighted by molar-refractivity contribution is -0.117. The lowest BCUT2D eigenvalue weighted by Gasteiger charge is -2.05. The Morgan fingerprint density at radius 2 is 1.80 bits per heavy atom. The lowest BCUT2D eigenvalue weighted by atomic mass is 10.2. The molecule has 0 aromatic heterocycles. The summed E-state index contributed by atoms with van der Waals surface area (Å²) in [6.07, 6.45) is 3.14. The molecule has 0 bridgehead atoms. The molecule has 25 heavy (non-hydrogen) atoms. The molecule has 0 unspecified atom stereocenters. The van der Waals surface area contributed by atoms with Crippen molar-refractivity contribution in [1.82, 2.24) is 5.43 Å². The molecule has 7 nitrogen and oxygen atoms in total. The van der Waals surface area contributed by atoms with E-state index in [-0.39, 0.29) is 23.3 Å². The number of phenols is 2. The Bertz CT molecular complexity index is 827. The van der Waals surface area contributed by atoms with Crippen LogP contribution in [0.25, 0.3) is 0 Å². The average molecular weight is 339 g/mol. The number of nitrogens with one attached hydrogen (secondary N) is 2. The molecule has 2 aromatic rings. The maximum atomic E-state index is 12.0. The molecule has 0 heterocycles. The van der Waals surface area contributed by atoms with Crippen molar-refractivity contribution >= 4 is 23.7 Å². The van der Waals surface area contributed by atoms with Crippen molar-refractivity contribution < 1.29 is 19.8 Å². The van der Waals surface area contributed by atoms with Gasteiger partial charge >= 0.3 is 0 Å². The number of aromatic hydroxyl groups is 2. The highest BCUT2D eigenvalue weighted by molar-refractivity contribution is 5.97. The summed E-state index contributed by atoms with van der Waals surface area (Å²) in [4.78, 5) is 23.7. The molecule has 3 rings (SSSR count). The standard InChI is InChI=1S/C18H17N3O4/c22-15-8-5-13(16(23)9-15)10-19-21-18(25)12-3-6-14(7-4-12)20-17(24)11-1-2-11/h3-11,22-23H,1-2H2,(H,20,24)(H,21,25). The van der Waals surface area contributed by atoms with E-state index in [9.17, 15) is 19.8 Å². The highest BCUT2D eigenvalue weighted by Crippen LogP contribution is 2.30. The third-order valence-corrected chi connectivity index (χ3v) is 3.75. The third-order valence-electron chi connectivity index (χ3n) is 3.75. The van der Waals surface area contributed by atoms with Crippen LogP contribution in [0.4, 0.5) is 5.69 Å². The number of anilines is 1. The van der Waals surface area contributed by atoms with Crippen LogP contribution in [-0.4, -0.2) is 28.2 Å². The molecular weight excluding hydrogens is 322 g/mol. The SMILES string of the molecule is O=C(NN=Cc1ccc(O)cc1O)c1ccc(NC(=O)C2CC2)cc1. The third kappa shape index (κ3) is 4.35. The highest BCUT2D eigenvalue weighted by atomic mass is 16.3. The van der Waals surface area contributed by atoms with Gasteiger partial charge in [0.2, 0.25) is 5.91 Å². The fourth-order valence-electron chi connectivity index (χ4n) is 2.16. The van der Waals surface area contributed by atoms with Gasteiger partial charge < -0.3 is 15.5 Å². The van der Waals surface area contributed by atoms with Crippen molar-refractivity contribution in [1.29, 1.82) is 0 Å². The maximum absolute atomic E-state index is 12.0. The van der Waals surface area contributed by atoms with Crippen LogP contribution in [0.3, 0.4) is 0 Å². The van der Waals surface area contributed by atoms with Crippen molar-refractivity contribution in [2.24, 2.45) is 11.0 Å².